The molecule has 0 aliphatic heterocycles. The van der Waals surface area contributed by atoms with Crippen molar-refractivity contribution in [3.63, 3.8) is 0 Å². The summed E-state index contributed by atoms with van der Waals surface area (Å²) in [4.78, 5) is 0. The lowest BCUT2D eigenvalue weighted by atomic mass is 10.3. The first-order chi connectivity index (χ1) is 7.60. The first-order valence-corrected chi connectivity index (χ1v) is 5.39. The van der Waals surface area contributed by atoms with E-state index in [-0.39, 0.29) is 0 Å². The predicted molar refractivity (Wildman–Crippen MR) is 74.7 cm³/mol. The number of hydrogen-bond donors (Lipinski definition) is 2. The molecule has 0 unspecified atom stereocenters. The number of thiocarbonyl (C=S) groups is 1. The van der Waals surface area contributed by atoms with Crippen molar-refractivity contribution in [2.24, 2.45) is 10.2 Å². The Bertz CT molecular complexity index is 308. The van der Waals surface area contributed by atoms with Crippen LogP contribution in [-0.4, -0.2) is 17.5 Å². The van der Waals surface area contributed by atoms with E-state index in [0.717, 1.165) is 11.1 Å². The van der Waals surface area contributed by atoms with Gasteiger partial charge in [-0.3, -0.25) is 10.9 Å². The molecule has 0 spiro atoms. The molecule has 0 aromatic heterocycles. The van der Waals surface area contributed by atoms with Crippen molar-refractivity contribution >= 4 is 29.8 Å². The fourth-order valence-electron chi connectivity index (χ4n) is 0.560. The molecule has 0 aromatic rings. The highest BCUT2D eigenvalue weighted by Gasteiger charge is 1.88. The lowest BCUT2D eigenvalue weighted by molar-refractivity contribution is 0.934. The topological polar surface area (TPSA) is 48.8 Å². The van der Waals surface area contributed by atoms with Gasteiger partial charge in [0, 0.05) is 12.4 Å². The van der Waals surface area contributed by atoms with E-state index in [0.29, 0.717) is 5.11 Å². The van der Waals surface area contributed by atoms with Gasteiger partial charge in [0.25, 0.3) is 0 Å². The van der Waals surface area contributed by atoms with Gasteiger partial charge in [0.15, 0.2) is 0 Å². The number of hydrazone groups is 2. The summed E-state index contributed by atoms with van der Waals surface area (Å²) in [6.45, 7) is 7.80. The van der Waals surface area contributed by atoms with E-state index in [2.05, 4.69) is 21.1 Å². The number of nitrogens with zero attached hydrogens (tertiary/aromatic N) is 2. The molecule has 88 valence electrons. The standard InChI is InChI=1S/C11H18N4S/c1-5-9(3)7-12-14-11(16)15-13-8-10(4)6-2/h5-8H,1-4H3,(H2,14,15,16)/b9-5-,10-6-,12-7+,13-8+. The van der Waals surface area contributed by atoms with Crippen LogP contribution < -0.4 is 10.9 Å². The first-order valence-electron chi connectivity index (χ1n) is 4.98. The van der Waals surface area contributed by atoms with Crippen LogP contribution in [-0.2, 0) is 0 Å². The Balaban J connectivity index is 3.93. The Morgan fingerprint density at radius 1 is 0.938 bits per heavy atom. The average molecular weight is 238 g/mol. The van der Waals surface area contributed by atoms with Gasteiger partial charge in [-0.05, 0) is 51.1 Å². The molecule has 5 heteroatoms. The lowest BCUT2D eigenvalue weighted by Gasteiger charge is -2.00. The lowest BCUT2D eigenvalue weighted by Crippen LogP contribution is -2.28. The molecule has 0 saturated carbocycles. The van der Waals surface area contributed by atoms with E-state index in [9.17, 15) is 0 Å². The molecule has 0 radical (unpaired) electrons. The molecule has 0 aliphatic rings. The Labute approximate surface area is 102 Å². The van der Waals surface area contributed by atoms with Crippen molar-refractivity contribution in [3.05, 3.63) is 23.3 Å². The van der Waals surface area contributed by atoms with Crippen molar-refractivity contribution < 1.29 is 0 Å². The SMILES string of the molecule is C/C=C(C)\C=N\NC(=S)N/N=C/C(C)=C\C. The van der Waals surface area contributed by atoms with E-state index in [4.69, 9.17) is 12.2 Å². The van der Waals surface area contributed by atoms with Gasteiger partial charge in [-0.1, -0.05) is 12.2 Å². The van der Waals surface area contributed by atoms with Crippen LogP contribution in [0.3, 0.4) is 0 Å². The normalized spacial score (nSPS) is 13.5. The monoisotopic (exact) mass is 238 g/mol. The van der Waals surface area contributed by atoms with Gasteiger partial charge in [-0.25, -0.2) is 0 Å². The third-order valence-corrected chi connectivity index (χ3v) is 1.96. The van der Waals surface area contributed by atoms with Crippen LogP contribution in [0.25, 0.3) is 0 Å². The smallest absolute Gasteiger partial charge is 0.207 e. The number of nitrogens with one attached hydrogen (secondary N) is 2. The third-order valence-electron chi connectivity index (χ3n) is 1.78. The third kappa shape index (κ3) is 7.87. The van der Waals surface area contributed by atoms with Gasteiger partial charge in [-0.2, -0.15) is 10.2 Å². The van der Waals surface area contributed by atoms with Crippen LogP contribution in [0.5, 0.6) is 0 Å². The van der Waals surface area contributed by atoms with Crippen LogP contribution in [0.1, 0.15) is 27.7 Å². The zero-order valence-electron chi connectivity index (χ0n) is 10.1. The van der Waals surface area contributed by atoms with Gasteiger partial charge < -0.3 is 0 Å². The predicted octanol–water partition coefficient (Wildman–Crippen LogP) is 2.35. The second kappa shape index (κ2) is 8.79. The molecule has 0 atom stereocenters. The maximum Gasteiger partial charge on any atom is 0.207 e. The highest BCUT2D eigenvalue weighted by Crippen LogP contribution is 1.85. The molecule has 0 bridgehead atoms. The molecular weight excluding hydrogens is 220 g/mol. The molecule has 0 aliphatic carbocycles. The van der Waals surface area contributed by atoms with Crippen molar-refractivity contribution in [3.8, 4) is 0 Å². The van der Waals surface area contributed by atoms with E-state index in [1.54, 1.807) is 12.4 Å². The second-order valence-electron chi connectivity index (χ2n) is 3.13. The molecule has 0 aromatic carbocycles. The molecule has 0 heterocycles. The Morgan fingerprint density at radius 3 is 1.62 bits per heavy atom. The average Bonchev–Trinajstić information content (AvgIpc) is 2.28. The van der Waals surface area contributed by atoms with E-state index in [1.165, 1.54) is 0 Å². The zero-order valence-corrected chi connectivity index (χ0v) is 10.9. The summed E-state index contributed by atoms with van der Waals surface area (Å²) in [6, 6.07) is 0. The molecule has 0 amide bonds. The molecule has 0 fully saturated rings. The molecule has 0 saturated heterocycles. The van der Waals surface area contributed by atoms with Crippen molar-refractivity contribution in [2.75, 3.05) is 0 Å². The number of hydrogen-bond acceptors (Lipinski definition) is 3. The van der Waals surface area contributed by atoms with Crippen molar-refractivity contribution in [2.45, 2.75) is 27.7 Å². The molecule has 2 N–H and O–H groups in total. The fraction of sp³-hybridized carbons (Fsp3) is 0.364. The first kappa shape index (κ1) is 14.5. The van der Waals surface area contributed by atoms with Crippen LogP contribution in [0.4, 0.5) is 0 Å². The van der Waals surface area contributed by atoms with E-state index in [1.807, 2.05) is 39.8 Å². The zero-order chi connectivity index (χ0) is 12.4. The summed E-state index contributed by atoms with van der Waals surface area (Å²) in [5.41, 5.74) is 7.43. The maximum absolute atomic E-state index is 4.94. The van der Waals surface area contributed by atoms with Crippen molar-refractivity contribution in [1.82, 2.24) is 10.9 Å². The second-order valence-corrected chi connectivity index (χ2v) is 3.54. The van der Waals surface area contributed by atoms with Gasteiger partial charge >= 0.3 is 0 Å². The summed E-state index contributed by atoms with van der Waals surface area (Å²) in [5, 5.41) is 8.21. The van der Waals surface area contributed by atoms with Crippen LogP contribution >= 0.6 is 12.2 Å². The largest absolute Gasteiger partial charge is 0.252 e. The van der Waals surface area contributed by atoms with Gasteiger partial charge in [-0.15, -0.1) is 0 Å². The highest BCUT2D eigenvalue weighted by atomic mass is 32.1. The summed E-state index contributed by atoms with van der Waals surface area (Å²) in [5.74, 6) is 0. The van der Waals surface area contributed by atoms with Gasteiger partial charge in [0.2, 0.25) is 5.11 Å². The molecule has 16 heavy (non-hydrogen) atoms. The fourth-order valence-corrected chi connectivity index (χ4v) is 0.665. The Hall–Kier alpha value is -1.49. The Kier molecular flexibility index (Phi) is 7.97. The van der Waals surface area contributed by atoms with Gasteiger partial charge in [0.05, 0.1) is 0 Å². The Morgan fingerprint density at radius 2 is 1.31 bits per heavy atom. The number of rotatable bonds is 4. The summed E-state index contributed by atoms with van der Waals surface area (Å²) in [6.07, 6.45) is 7.29. The van der Waals surface area contributed by atoms with E-state index < -0.39 is 0 Å². The molecule has 4 nitrogen and oxygen atoms in total. The van der Waals surface area contributed by atoms with Crippen LogP contribution in [0.15, 0.2) is 33.5 Å². The number of allylic oxidation sites excluding steroid dienone is 4. The van der Waals surface area contributed by atoms with Gasteiger partial charge in [0.1, 0.15) is 0 Å². The minimum atomic E-state index is 0.361. The highest BCUT2D eigenvalue weighted by molar-refractivity contribution is 7.80. The van der Waals surface area contributed by atoms with Crippen molar-refractivity contribution in [1.29, 1.82) is 0 Å². The maximum atomic E-state index is 4.94. The quantitative estimate of drug-likeness (QED) is 0.449. The van der Waals surface area contributed by atoms with E-state index >= 15 is 0 Å². The molecule has 0 rings (SSSR count). The minimum absolute atomic E-state index is 0.361. The summed E-state index contributed by atoms with van der Waals surface area (Å²) >= 11 is 4.94. The minimum Gasteiger partial charge on any atom is -0.252 e. The summed E-state index contributed by atoms with van der Waals surface area (Å²) < 4.78 is 0. The summed E-state index contributed by atoms with van der Waals surface area (Å²) in [7, 11) is 0. The van der Waals surface area contributed by atoms with Crippen LogP contribution in [0.2, 0.25) is 0 Å². The van der Waals surface area contributed by atoms with Crippen LogP contribution in [0, 0.1) is 0 Å². The molecular formula is C11H18N4S.